The lowest BCUT2D eigenvalue weighted by molar-refractivity contribution is -0.155. The molecule has 1 aliphatic heterocycles. The number of anilines is 1. The molecular weight excluding hydrogens is 544 g/mol. The Labute approximate surface area is 213 Å². The highest BCUT2D eigenvalue weighted by Crippen LogP contribution is 2.41. The van der Waals surface area contributed by atoms with Crippen molar-refractivity contribution < 1.29 is 35.9 Å². The van der Waals surface area contributed by atoms with Gasteiger partial charge in [-0.05, 0) is 30.2 Å². The fourth-order valence-electron chi connectivity index (χ4n) is 4.25. The Hall–Kier alpha value is -4.01. The van der Waals surface area contributed by atoms with Crippen LogP contribution in [0.5, 0.6) is 0 Å². The van der Waals surface area contributed by atoms with Crippen molar-refractivity contribution in [2.45, 2.75) is 24.8 Å². The molecule has 0 amide bonds. The van der Waals surface area contributed by atoms with Gasteiger partial charge in [0.2, 0.25) is 23.4 Å². The summed E-state index contributed by atoms with van der Waals surface area (Å²) in [6.07, 6.45) is -7.88. The number of nitrogens with one attached hydrogen (secondary N) is 1. The maximum Gasteiger partial charge on any atom is 0.451 e. The molecule has 0 bridgehead atoms. The number of fused-ring (bicyclic) bond motifs is 3. The third-order valence-electron chi connectivity index (χ3n) is 5.83. The van der Waals surface area contributed by atoms with Crippen LogP contribution in [0.4, 0.5) is 32.3 Å². The van der Waals surface area contributed by atoms with E-state index in [1.807, 2.05) is 0 Å². The van der Waals surface area contributed by atoms with E-state index in [9.17, 15) is 31.1 Å². The fraction of sp³-hybridized carbons (Fsp3) is 0.273. The Bertz CT molecular complexity index is 1510. The van der Waals surface area contributed by atoms with Gasteiger partial charge in [-0.3, -0.25) is 0 Å². The quantitative estimate of drug-likeness (QED) is 0.283. The highest BCUT2D eigenvalue weighted by Gasteiger charge is 2.43. The van der Waals surface area contributed by atoms with E-state index in [-0.39, 0.29) is 24.4 Å². The first-order chi connectivity index (χ1) is 17.9. The molecule has 0 spiro atoms. The van der Waals surface area contributed by atoms with Crippen molar-refractivity contribution in [2.75, 3.05) is 18.6 Å². The van der Waals surface area contributed by atoms with Crippen molar-refractivity contribution >= 4 is 34.4 Å². The van der Waals surface area contributed by atoms with Crippen molar-refractivity contribution in [3.63, 3.8) is 0 Å². The average Bonchev–Trinajstić information content (AvgIpc) is 3.24. The van der Waals surface area contributed by atoms with E-state index < -0.39 is 42.0 Å². The van der Waals surface area contributed by atoms with Crippen molar-refractivity contribution in [1.29, 1.82) is 0 Å². The number of H-pyrrole nitrogens is 1. The molecule has 16 heteroatoms. The fourth-order valence-corrected chi connectivity index (χ4v) is 4.42. The van der Waals surface area contributed by atoms with E-state index in [0.717, 1.165) is 18.1 Å². The van der Waals surface area contributed by atoms with E-state index >= 15 is 0 Å². The summed E-state index contributed by atoms with van der Waals surface area (Å²) in [6.45, 7) is -0.0749. The van der Waals surface area contributed by atoms with Crippen LogP contribution in [0, 0.1) is 0 Å². The van der Waals surface area contributed by atoms with Crippen LogP contribution in [0.15, 0.2) is 30.6 Å². The molecule has 0 unspecified atom stereocenters. The van der Waals surface area contributed by atoms with Crippen molar-refractivity contribution in [1.82, 2.24) is 29.9 Å². The van der Waals surface area contributed by atoms with Gasteiger partial charge in [-0.1, -0.05) is 11.6 Å². The number of hydrogen-bond acceptors (Lipinski definition) is 8. The van der Waals surface area contributed by atoms with Crippen LogP contribution < -0.4 is 4.90 Å². The number of rotatable bonds is 3. The zero-order valence-electron chi connectivity index (χ0n) is 19.0. The molecule has 0 fully saturated rings. The third kappa shape index (κ3) is 4.57. The molecular formula is C22H14ClF6N7O2. The molecule has 1 aliphatic rings. The summed E-state index contributed by atoms with van der Waals surface area (Å²) in [7, 11) is 1.13. The molecule has 0 saturated heterocycles. The zero-order chi connectivity index (χ0) is 27.4. The highest BCUT2D eigenvalue weighted by atomic mass is 35.5. The van der Waals surface area contributed by atoms with Gasteiger partial charge in [-0.2, -0.15) is 36.3 Å². The summed E-state index contributed by atoms with van der Waals surface area (Å²) < 4.78 is 85.4. The molecule has 3 aromatic heterocycles. The second-order valence-electron chi connectivity index (χ2n) is 8.16. The molecule has 1 aromatic carbocycles. The van der Waals surface area contributed by atoms with Gasteiger partial charge in [0.1, 0.15) is 6.04 Å². The van der Waals surface area contributed by atoms with Crippen LogP contribution >= 0.6 is 11.6 Å². The van der Waals surface area contributed by atoms with Crippen molar-refractivity contribution in [3.8, 4) is 0 Å². The molecule has 9 nitrogen and oxygen atoms in total. The van der Waals surface area contributed by atoms with Gasteiger partial charge in [0.25, 0.3) is 0 Å². The zero-order valence-corrected chi connectivity index (χ0v) is 19.8. The first-order valence-corrected chi connectivity index (χ1v) is 11.1. The Kier molecular flexibility index (Phi) is 6.12. The normalized spacial score (nSPS) is 16.0. The Morgan fingerprint density at radius 2 is 1.68 bits per heavy atom. The van der Waals surface area contributed by atoms with Gasteiger partial charge in [0, 0.05) is 46.1 Å². The first kappa shape index (κ1) is 25.6. The molecule has 1 N–H and O–H groups in total. The molecule has 198 valence electrons. The molecule has 38 heavy (non-hydrogen) atoms. The predicted molar refractivity (Wildman–Crippen MR) is 119 cm³/mol. The number of aromatic nitrogens is 6. The summed E-state index contributed by atoms with van der Waals surface area (Å²) in [4.78, 5) is 33.3. The molecule has 4 heterocycles. The monoisotopic (exact) mass is 557 g/mol. The number of esters is 1. The highest BCUT2D eigenvalue weighted by molar-refractivity contribution is 6.31. The maximum atomic E-state index is 13.5. The molecule has 5 rings (SSSR count). The van der Waals surface area contributed by atoms with Gasteiger partial charge in [-0.15, -0.1) is 0 Å². The van der Waals surface area contributed by atoms with E-state index in [2.05, 4.69) is 34.6 Å². The SMILES string of the molecule is COC(=O)c1ncc([C@H]2c3[nH]c4ccc(Cl)cc4c3CCN2c2nc(C(F)(F)F)nc(C(F)(F)F)n2)cn1. The van der Waals surface area contributed by atoms with E-state index in [1.54, 1.807) is 18.2 Å². The minimum Gasteiger partial charge on any atom is -0.463 e. The second-order valence-corrected chi connectivity index (χ2v) is 8.60. The van der Waals surface area contributed by atoms with Gasteiger partial charge < -0.3 is 14.6 Å². The Morgan fingerprint density at radius 1 is 1.05 bits per heavy atom. The average molecular weight is 558 g/mol. The maximum absolute atomic E-state index is 13.5. The first-order valence-electron chi connectivity index (χ1n) is 10.7. The number of methoxy groups -OCH3 is 1. The number of nitrogens with zero attached hydrogens (tertiary/aromatic N) is 6. The van der Waals surface area contributed by atoms with Crippen LogP contribution in [-0.2, 0) is 23.5 Å². The number of ether oxygens (including phenoxy) is 1. The Morgan fingerprint density at radius 3 is 2.26 bits per heavy atom. The predicted octanol–water partition coefficient (Wildman–Crippen LogP) is 4.77. The van der Waals surface area contributed by atoms with Crippen LogP contribution in [0.3, 0.4) is 0 Å². The largest absolute Gasteiger partial charge is 0.463 e. The minimum atomic E-state index is -5.27. The van der Waals surface area contributed by atoms with Gasteiger partial charge in [0.15, 0.2) is 0 Å². The number of alkyl halides is 6. The number of benzene rings is 1. The lowest BCUT2D eigenvalue weighted by atomic mass is 9.94. The molecule has 0 aliphatic carbocycles. The number of halogens is 7. The van der Waals surface area contributed by atoms with Gasteiger partial charge in [0.05, 0.1) is 7.11 Å². The second kappa shape index (κ2) is 9.08. The molecule has 0 saturated carbocycles. The van der Waals surface area contributed by atoms with Gasteiger partial charge in [-0.25, -0.2) is 19.7 Å². The lowest BCUT2D eigenvalue weighted by Gasteiger charge is -2.36. The third-order valence-corrected chi connectivity index (χ3v) is 6.07. The summed E-state index contributed by atoms with van der Waals surface area (Å²) >= 11 is 6.15. The van der Waals surface area contributed by atoms with E-state index in [4.69, 9.17) is 11.6 Å². The summed E-state index contributed by atoms with van der Waals surface area (Å²) in [5.74, 6) is -5.94. The molecule has 1 atom stereocenters. The van der Waals surface area contributed by atoms with Gasteiger partial charge >= 0.3 is 18.3 Å². The van der Waals surface area contributed by atoms with E-state index in [0.29, 0.717) is 16.2 Å². The summed E-state index contributed by atoms with van der Waals surface area (Å²) in [5, 5.41) is 1.16. The van der Waals surface area contributed by atoms with Crippen LogP contribution in [-0.4, -0.2) is 49.5 Å². The lowest BCUT2D eigenvalue weighted by Crippen LogP contribution is -2.38. The number of carbonyl (C=O) groups excluding carboxylic acids is 1. The minimum absolute atomic E-state index is 0.0749. The number of aromatic amines is 1. The molecule has 0 radical (unpaired) electrons. The number of hydrogen-bond donors (Lipinski definition) is 1. The van der Waals surface area contributed by atoms with E-state index in [1.165, 1.54) is 17.3 Å². The smallest absolute Gasteiger partial charge is 0.451 e. The van der Waals surface area contributed by atoms with Crippen LogP contribution in [0.25, 0.3) is 10.9 Å². The summed E-state index contributed by atoms with van der Waals surface area (Å²) in [6, 6.07) is 3.97. The van der Waals surface area contributed by atoms with Crippen molar-refractivity contribution in [3.05, 3.63) is 69.9 Å². The Balaban J connectivity index is 1.72. The summed E-state index contributed by atoms with van der Waals surface area (Å²) in [5.41, 5.74) is 2.05. The van der Waals surface area contributed by atoms with Crippen molar-refractivity contribution in [2.24, 2.45) is 0 Å². The number of carbonyl (C=O) groups is 1. The topological polar surface area (TPSA) is 110 Å². The van der Waals surface area contributed by atoms with Crippen LogP contribution in [0.1, 0.15) is 45.1 Å². The molecule has 4 aromatic rings. The standard InChI is InChI=1S/C22H14ClF6N7O2/c1-38-17(37)16-30-7-9(8-31-16)15-14-11(12-6-10(23)2-3-13(12)32-14)4-5-36(15)20-34-18(21(24,25)26)33-19(35-20)22(27,28)29/h2-3,6-8,15,32H,4-5H2,1H3/t15-/m0/s1. The van der Waals surface area contributed by atoms with Crippen LogP contribution in [0.2, 0.25) is 5.02 Å².